The zero-order valence-corrected chi connectivity index (χ0v) is 11.9. The summed E-state index contributed by atoms with van der Waals surface area (Å²) in [5, 5.41) is 0.637. The van der Waals surface area contributed by atoms with E-state index in [2.05, 4.69) is 5.92 Å². The monoisotopic (exact) mass is 285 g/mol. The Kier molecular flexibility index (Phi) is 4.29. The van der Waals surface area contributed by atoms with Gasteiger partial charge in [0.25, 0.3) is 5.56 Å². The van der Waals surface area contributed by atoms with Crippen molar-refractivity contribution < 1.29 is 14.3 Å². The maximum Gasteiger partial charge on any atom is 0.347 e. The zero-order valence-electron chi connectivity index (χ0n) is 11.9. The van der Waals surface area contributed by atoms with E-state index in [0.717, 1.165) is 0 Å². The molecule has 0 aliphatic heterocycles. The number of aromatic nitrogens is 1. The average Bonchev–Trinajstić information content (AvgIpc) is 2.49. The third-order valence-electron chi connectivity index (χ3n) is 3.03. The number of terminal acetylenes is 1. The fraction of sp³-hybridized carbons (Fsp3) is 0.250. The minimum atomic E-state index is -0.712. The number of aryl methyl sites for hydroxylation is 1. The highest BCUT2D eigenvalue weighted by molar-refractivity contribution is 5.99. The Labute approximate surface area is 122 Å². The molecule has 2 rings (SSSR count). The molecule has 1 aromatic carbocycles. The summed E-state index contributed by atoms with van der Waals surface area (Å²) in [6, 6.07) is 7.14. The van der Waals surface area contributed by atoms with Gasteiger partial charge in [-0.25, -0.2) is 4.79 Å². The van der Waals surface area contributed by atoms with E-state index in [1.165, 1.54) is 4.57 Å². The highest BCUT2D eigenvalue weighted by Crippen LogP contribution is 2.27. The molecule has 0 saturated heterocycles. The van der Waals surface area contributed by atoms with Crippen LogP contribution in [-0.4, -0.2) is 23.8 Å². The summed E-state index contributed by atoms with van der Waals surface area (Å²) < 4.78 is 11.8. The van der Waals surface area contributed by atoms with Gasteiger partial charge in [0.1, 0.15) is 12.4 Å². The predicted molar refractivity (Wildman–Crippen MR) is 79.5 cm³/mol. The third kappa shape index (κ3) is 2.61. The van der Waals surface area contributed by atoms with Crippen LogP contribution in [0.3, 0.4) is 0 Å². The highest BCUT2D eigenvalue weighted by atomic mass is 16.5. The normalized spacial score (nSPS) is 10.1. The van der Waals surface area contributed by atoms with E-state index in [4.69, 9.17) is 15.9 Å². The SMILES string of the molecule is C#CCOc1c(C(=O)OCC)c(=O)n(C)c2ccccc12. The molecule has 0 bridgehead atoms. The molecule has 0 amide bonds. The van der Waals surface area contributed by atoms with Crippen LogP contribution in [0.1, 0.15) is 17.3 Å². The summed E-state index contributed by atoms with van der Waals surface area (Å²) in [6.07, 6.45) is 5.20. The molecule has 0 atom stereocenters. The standard InChI is InChI=1S/C16H15NO4/c1-4-10-21-14-11-8-6-7-9-12(11)17(3)15(18)13(14)16(19)20-5-2/h1,6-9H,5,10H2,2-3H3. The van der Waals surface area contributed by atoms with Crippen LogP contribution < -0.4 is 10.3 Å². The summed E-state index contributed by atoms with van der Waals surface area (Å²) in [6.45, 7) is 1.80. The number of nitrogens with zero attached hydrogens (tertiary/aromatic N) is 1. The quantitative estimate of drug-likeness (QED) is 0.634. The van der Waals surface area contributed by atoms with Gasteiger partial charge in [-0.2, -0.15) is 0 Å². The van der Waals surface area contributed by atoms with Crippen LogP contribution in [0.2, 0.25) is 0 Å². The molecule has 1 heterocycles. The number of pyridine rings is 1. The maximum atomic E-state index is 12.4. The summed E-state index contributed by atoms with van der Waals surface area (Å²) >= 11 is 0. The molecule has 5 heteroatoms. The molecule has 21 heavy (non-hydrogen) atoms. The lowest BCUT2D eigenvalue weighted by atomic mass is 10.1. The minimum absolute atomic E-state index is 0.0381. The third-order valence-corrected chi connectivity index (χ3v) is 3.03. The Morgan fingerprint density at radius 1 is 1.38 bits per heavy atom. The molecule has 0 N–H and O–H groups in total. The second-order valence-corrected chi connectivity index (χ2v) is 4.30. The predicted octanol–water partition coefficient (Wildman–Crippen LogP) is 1.73. The minimum Gasteiger partial charge on any atom is -0.479 e. The molecule has 5 nitrogen and oxygen atoms in total. The Morgan fingerprint density at radius 2 is 2.10 bits per heavy atom. The van der Waals surface area contributed by atoms with Gasteiger partial charge in [0.15, 0.2) is 5.56 Å². The Morgan fingerprint density at radius 3 is 2.76 bits per heavy atom. The Bertz CT molecular complexity index is 783. The van der Waals surface area contributed by atoms with Crippen molar-refractivity contribution in [2.75, 3.05) is 13.2 Å². The molecule has 0 unspecified atom stereocenters. The number of carbonyl (C=O) groups is 1. The molecule has 0 saturated carbocycles. The number of esters is 1. The number of ether oxygens (including phenoxy) is 2. The summed E-state index contributed by atoms with van der Waals surface area (Å²) in [5.74, 6) is 1.79. The number of fused-ring (bicyclic) bond motifs is 1. The van der Waals surface area contributed by atoms with Crippen molar-refractivity contribution in [2.45, 2.75) is 6.92 Å². The van der Waals surface area contributed by atoms with Gasteiger partial charge < -0.3 is 14.0 Å². The van der Waals surface area contributed by atoms with Crippen molar-refractivity contribution in [3.8, 4) is 18.1 Å². The molecule has 0 radical (unpaired) electrons. The van der Waals surface area contributed by atoms with E-state index in [0.29, 0.717) is 10.9 Å². The van der Waals surface area contributed by atoms with Crippen LogP contribution >= 0.6 is 0 Å². The Hall–Kier alpha value is -2.74. The zero-order chi connectivity index (χ0) is 15.4. The highest BCUT2D eigenvalue weighted by Gasteiger charge is 2.23. The van der Waals surface area contributed by atoms with E-state index in [1.807, 2.05) is 0 Å². The first kappa shape index (κ1) is 14.7. The fourth-order valence-electron chi connectivity index (χ4n) is 2.11. The van der Waals surface area contributed by atoms with Crippen LogP contribution in [0.5, 0.6) is 5.75 Å². The first-order valence-electron chi connectivity index (χ1n) is 6.46. The molecule has 0 fully saturated rings. The van der Waals surface area contributed by atoms with Crippen molar-refractivity contribution in [3.63, 3.8) is 0 Å². The van der Waals surface area contributed by atoms with Gasteiger partial charge in [0.05, 0.1) is 12.1 Å². The summed E-state index contributed by atoms with van der Waals surface area (Å²) in [7, 11) is 1.60. The van der Waals surface area contributed by atoms with Crippen molar-refractivity contribution in [1.82, 2.24) is 4.57 Å². The van der Waals surface area contributed by atoms with E-state index in [1.54, 1.807) is 38.2 Å². The first-order valence-corrected chi connectivity index (χ1v) is 6.46. The number of para-hydroxylation sites is 1. The van der Waals surface area contributed by atoms with Crippen LogP contribution in [0.15, 0.2) is 29.1 Å². The Balaban J connectivity index is 2.81. The number of hydrogen-bond acceptors (Lipinski definition) is 4. The van der Waals surface area contributed by atoms with E-state index in [9.17, 15) is 9.59 Å². The number of hydrogen-bond donors (Lipinski definition) is 0. The first-order chi connectivity index (χ1) is 10.1. The van der Waals surface area contributed by atoms with Crippen molar-refractivity contribution >= 4 is 16.9 Å². The van der Waals surface area contributed by atoms with Crippen LogP contribution in [-0.2, 0) is 11.8 Å². The molecular weight excluding hydrogens is 270 g/mol. The summed E-state index contributed by atoms with van der Waals surface area (Å²) in [4.78, 5) is 24.5. The van der Waals surface area contributed by atoms with Crippen molar-refractivity contribution in [1.29, 1.82) is 0 Å². The second kappa shape index (κ2) is 6.14. The fourth-order valence-corrected chi connectivity index (χ4v) is 2.11. The average molecular weight is 285 g/mol. The lowest BCUT2D eigenvalue weighted by Crippen LogP contribution is -2.27. The number of carbonyl (C=O) groups excluding carboxylic acids is 1. The molecule has 0 aliphatic carbocycles. The summed E-state index contributed by atoms with van der Waals surface area (Å²) in [5.41, 5.74) is 0.0510. The van der Waals surface area contributed by atoms with Gasteiger partial charge in [-0.15, -0.1) is 6.42 Å². The smallest absolute Gasteiger partial charge is 0.347 e. The molecule has 1 aromatic heterocycles. The lowest BCUT2D eigenvalue weighted by Gasteiger charge is -2.14. The molecular formula is C16H15NO4. The van der Waals surface area contributed by atoms with E-state index >= 15 is 0 Å². The molecule has 108 valence electrons. The van der Waals surface area contributed by atoms with Gasteiger partial charge in [0, 0.05) is 12.4 Å². The molecule has 2 aromatic rings. The van der Waals surface area contributed by atoms with Gasteiger partial charge in [-0.1, -0.05) is 18.1 Å². The van der Waals surface area contributed by atoms with E-state index in [-0.39, 0.29) is 24.5 Å². The van der Waals surface area contributed by atoms with Crippen LogP contribution in [0.25, 0.3) is 10.9 Å². The maximum absolute atomic E-state index is 12.4. The topological polar surface area (TPSA) is 57.5 Å². The molecule has 0 spiro atoms. The lowest BCUT2D eigenvalue weighted by molar-refractivity contribution is 0.0520. The van der Waals surface area contributed by atoms with Crippen LogP contribution in [0, 0.1) is 12.3 Å². The van der Waals surface area contributed by atoms with Gasteiger partial charge >= 0.3 is 5.97 Å². The largest absolute Gasteiger partial charge is 0.479 e. The van der Waals surface area contributed by atoms with Gasteiger partial charge in [-0.3, -0.25) is 4.79 Å². The van der Waals surface area contributed by atoms with Crippen LogP contribution in [0.4, 0.5) is 0 Å². The molecule has 0 aliphatic rings. The number of benzene rings is 1. The van der Waals surface area contributed by atoms with Gasteiger partial charge in [-0.05, 0) is 19.1 Å². The number of rotatable bonds is 4. The van der Waals surface area contributed by atoms with Crippen molar-refractivity contribution in [2.24, 2.45) is 7.05 Å². The van der Waals surface area contributed by atoms with Crippen molar-refractivity contribution in [3.05, 3.63) is 40.2 Å². The van der Waals surface area contributed by atoms with Gasteiger partial charge in [0.2, 0.25) is 0 Å². The second-order valence-electron chi connectivity index (χ2n) is 4.30. The van der Waals surface area contributed by atoms with E-state index < -0.39 is 11.5 Å².